The van der Waals surface area contributed by atoms with Crippen molar-refractivity contribution in [1.29, 1.82) is 0 Å². The zero-order valence-electron chi connectivity index (χ0n) is 16.6. The first-order chi connectivity index (χ1) is 14.2. The average molecular weight is 406 g/mol. The fourth-order valence-electron chi connectivity index (χ4n) is 2.76. The Hall–Kier alpha value is -3.71. The van der Waals surface area contributed by atoms with E-state index in [0.717, 1.165) is 11.1 Å². The normalized spacial score (nSPS) is 11.0. The van der Waals surface area contributed by atoms with Crippen molar-refractivity contribution in [2.45, 2.75) is 26.0 Å². The number of amides is 1. The Morgan fingerprint density at radius 3 is 2.47 bits per heavy atom. The third-order valence-electron chi connectivity index (χ3n) is 4.42. The van der Waals surface area contributed by atoms with E-state index >= 15 is 0 Å². The summed E-state index contributed by atoms with van der Waals surface area (Å²) < 4.78 is 5.66. The lowest BCUT2D eigenvalue weighted by molar-refractivity contribution is 0.0695. The van der Waals surface area contributed by atoms with Gasteiger partial charge in [-0.3, -0.25) is 4.79 Å². The number of aliphatic hydroxyl groups is 1. The lowest BCUT2D eigenvalue weighted by Gasteiger charge is -2.18. The fourth-order valence-corrected chi connectivity index (χ4v) is 2.76. The van der Waals surface area contributed by atoms with Crippen LogP contribution < -0.4 is 10.1 Å². The topological polar surface area (TPSA) is 109 Å². The summed E-state index contributed by atoms with van der Waals surface area (Å²) in [5.74, 6) is -1.10. The van der Waals surface area contributed by atoms with Gasteiger partial charge in [0.2, 0.25) is 5.88 Å². The largest absolute Gasteiger partial charge is 0.478 e. The zero-order valence-corrected chi connectivity index (χ0v) is 16.6. The summed E-state index contributed by atoms with van der Waals surface area (Å²) in [4.78, 5) is 27.9. The molecule has 0 fully saturated rings. The van der Waals surface area contributed by atoms with Crippen LogP contribution in [0.1, 0.15) is 45.7 Å². The van der Waals surface area contributed by atoms with Gasteiger partial charge in [0.25, 0.3) is 5.91 Å². The number of carboxylic acid groups (broad SMARTS) is 1. The minimum absolute atomic E-state index is 0.0731. The number of aromatic carboxylic acids is 1. The molecule has 0 spiro atoms. The molecule has 1 amide bonds. The van der Waals surface area contributed by atoms with E-state index in [1.54, 1.807) is 38.1 Å². The highest BCUT2D eigenvalue weighted by Crippen LogP contribution is 2.24. The van der Waals surface area contributed by atoms with E-state index in [2.05, 4.69) is 10.3 Å². The molecule has 0 aliphatic rings. The highest BCUT2D eigenvalue weighted by atomic mass is 16.5. The van der Waals surface area contributed by atoms with Gasteiger partial charge in [0.15, 0.2) is 0 Å². The second kappa shape index (κ2) is 8.75. The third-order valence-corrected chi connectivity index (χ3v) is 4.42. The summed E-state index contributed by atoms with van der Waals surface area (Å²) in [5, 5.41) is 21.9. The van der Waals surface area contributed by atoms with E-state index in [0.29, 0.717) is 0 Å². The molecule has 7 heteroatoms. The van der Waals surface area contributed by atoms with Crippen LogP contribution in [0.5, 0.6) is 11.6 Å². The average Bonchev–Trinajstić information content (AvgIpc) is 2.72. The molecule has 3 N–H and O–H groups in total. The molecule has 7 nitrogen and oxygen atoms in total. The summed E-state index contributed by atoms with van der Waals surface area (Å²) in [6, 6.07) is 16.5. The summed E-state index contributed by atoms with van der Waals surface area (Å²) in [6.07, 6.45) is 1.49. The minimum atomic E-state index is -1.07. The van der Waals surface area contributed by atoms with Gasteiger partial charge in [-0.15, -0.1) is 0 Å². The van der Waals surface area contributed by atoms with E-state index in [4.69, 9.17) is 9.84 Å². The van der Waals surface area contributed by atoms with Crippen molar-refractivity contribution in [3.8, 4) is 11.6 Å². The standard InChI is InChI=1S/C23H22N2O5/c1-23(2,29)17-10-8-15(9-11-17)14-25-20(26)19-7-4-12-24-21(19)30-18-6-3-5-16(13-18)22(27)28/h3-13,29H,14H2,1-2H3,(H,25,26)(H,27,28). The number of nitrogens with zero attached hydrogens (tertiary/aromatic N) is 1. The Labute approximate surface area is 174 Å². The molecule has 3 aromatic rings. The number of ether oxygens (including phenoxy) is 1. The number of hydrogen-bond acceptors (Lipinski definition) is 5. The number of nitrogens with one attached hydrogen (secondary N) is 1. The van der Waals surface area contributed by atoms with Gasteiger partial charge < -0.3 is 20.3 Å². The van der Waals surface area contributed by atoms with Gasteiger partial charge >= 0.3 is 5.97 Å². The molecule has 0 bridgehead atoms. The molecule has 30 heavy (non-hydrogen) atoms. The zero-order chi connectivity index (χ0) is 21.7. The molecule has 0 aliphatic heterocycles. The smallest absolute Gasteiger partial charge is 0.335 e. The van der Waals surface area contributed by atoms with Crippen molar-refractivity contribution in [2.75, 3.05) is 0 Å². The molecule has 1 aromatic heterocycles. The van der Waals surface area contributed by atoms with Crippen molar-refractivity contribution in [3.05, 3.63) is 89.1 Å². The van der Waals surface area contributed by atoms with Crippen LogP contribution in [-0.4, -0.2) is 27.1 Å². The number of hydrogen-bond donors (Lipinski definition) is 3. The Bertz CT molecular complexity index is 1060. The van der Waals surface area contributed by atoms with E-state index in [9.17, 15) is 14.7 Å². The number of carbonyl (C=O) groups is 2. The quantitative estimate of drug-likeness (QED) is 0.552. The van der Waals surface area contributed by atoms with Crippen LogP contribution >= 0.6 is 0 Å². The Balaban J connectivity index is 1.71. The second-order valence-corrected chi connectivity index (χ2v) is 7.23. The molecule has 0 aliphatic carbocycles. The van der Waals surface area contributed by atoms with Gasteiger partial charge in [0, 0.05) is 12.7 Å². The van der Waals surface area contributed by atoms with Crippen molar-refractivity contribution in [2.24, 2.45) is 0 Å². The highest BCUT2D eigenvalue weighted by molar-refractivity contribution is 5.96. The van der Waals surface area contributed by atoms with E-state index in [1.807, 2.05) is 24.3 Å². The van der Waals surface area contributed by atoms with Gasteiger partial charge in [-0.05, 0) is 55.3 Å². The molecule has 0 atom stereocenters. The molecule has 0 radical (unpaired) electrons. The van der Waals surface area contributed by atoms with Gasteiger partial charge in [0.05, 0.1) is 11.2 Å². The molecule has 154 valence electrons. The molecular formula is C23H22N2O5. The van der Waals surface area contributed by atoms with Crippen molar-refractivity contribution in [1.82, 2.24) is 10.3 Å². The molecule has 3 rings (SSSR count). The maximum absolute atomic E-state index is 12.7. The second-order valence-electron chi connectivity index (χ2n) is 7.23. The van der Waals surface area contributed by atoms with Crippen LogP contribution in [0.4, 0.5) is 0 Å². The number of benzene rings is 2. The monoisotopic (exact) mass is 406 g/mol. The number of carbonyl (C=O) groups excluding carboxylic acids is 1. The minimum Gasteiger partial charge on any atom is -0.478 e. The SMILES string of the molecule is CC(C)(O)c1ccc(CNC(=O)c2cccnc2Oc2cccc(C(=O)O)c2)cc1. The number of aromatic nitrogens is 1. The Morgan fingerprint density at radius 2 is 1.80 bits per heavy atom. The highest BCUT2D eigenvalue weighted by Gasteiger charge is 2.17. The maximum atomic E-state index is 12.7. The van der Waals surface area contributed by atoms with Crippen LogP contribution in [0.25, 0.3) is 0 Å². The lowest BCUT2D eigenvalue weighted by Crippen LogP contribution is -2.23. The summed E-state index contributed by atoms with van der Waals surface area (Å²) in [6.45, 7) is 3.70. The van der Waals surface area contributed by atoms with Crippen molar-refractivity contribution in [3.63, 3.8) is 0 Å². The first-order valence-corrected chi connectivity index (χ1v) is 9.30. The van der Waals surface area contributed by atoms with Crippen LogP contribution in [0, 0.1) is 0 Å². The Morgan fingerprint density at radius 1 is 1.07 bits per heavy atom. The summed E-state index contributed by atoms with van der Waals surface area (Å²) >= 11 is 0. The predicted octanol–water partition coefficient (Wildman–Crippen LogP) is 3.73. The lowest BCUT2D eigenvalue weighted by atomic mass is 9.97. The molecule has 0 unspecified atom stereocenters. The van der Waals surface area contributed by atoms with Crippen LogP contribution in [0.15, 0.2) is 66.9 Å². The van der Waals surface area contributed by atoms with Crippen LogP contribution in [-0.2, 0) is 12.1 Å². The van der Waals surface area contributed by atoms with Gasteiger partial charge in [0.1, 0.15) is 11.3 Å². The molecule has 0 saturated carbocycles. The molecule has 0 saturated heterocycles. The molecular weight excluding hydrogens is 384 g/mol. The van der Waals surface area contributed by atoms with Gasteiger partial charge in [-0.2, -0.15) is 0 Å². The van der Waals surface area contributed by atoms with Gasteiger partial charge in [-0.1, -0.05) is 30.3 Å². The van der Waals surface area contributed by atoms with Gasteiger partial charge in [-0.25, -0.2) is 9.78 Å². The third kappa shape index (κ3) is 5.21. The van der Waals surface area contributed by atoms with Crippen molar-refractivity contribution >= 4 is 11.9 Å². The fraction of sp³-hybridized carbons (Fsp3) is 0.174. The van der Waals surface area contributed by atoms with E-state index in [-0.39, 0.29) is 35.2 Å². The summed E-state index contributed by atoms with van der Waals surface area (Å²) in [5.41, 5.74) is 1.03. The molecule has 2 aromatic carbocycles. The van der Waals surface area contributed by atoms with Crippen LogP contribution in [0.3, 0.4) is 0 Å². The van der Waals surface area contributed by atoms with Crippen LogP contribution in [0.2, 0.25) is 0 Å². The number of rotatable bonds is 7. The molecule has 1 heterocycles. The Kier molecular flexibility index (Phi) is 6.13. The van der Waals surface area contributed by atoms with Crippen molar-refractivity contribution < 1.29 is 24.5 Å². The number of carboxylic acids is 1. The van der Waals surface area contributed by atoms with E-state index < -0.39 is 11.6 Å². The summed E-state index contributed by atoms with van der Waals surface area (Å²) in [7, 11) is 0. The van der Waals surface area contributed by atoms with E-state index in [1.165, 1.54) is 18.3 Å². The number of pyridine rings is 1. The predicted molar refractivity (Wildman–Crippen MR) is 111 cm³/mol. The first-order valence-electron chi connectivity index (χ1n) is 9.30. The maximum Gasteiger partial charge on any atom is 0.335 e. The first kappa shape index (κ1) is 21.0.